The fraction of sp³-hybridized carbons (Fsp3) is 0.414. The molecule has 0 saturated heterocycles. The van der Waals surface area contributed by atoms with E-state index in [0.717, 1.165) is 29.0 Å². The molecule has 186 valence electrons. The molecule has 2 N–H and O–H groups in total. The van der Waals surface area contributed by atoms with Gasteiger partial charge in [0.05, 0.1) is 11.3 Å². The van der Waals surface area contributed by atoms with Gasteiger partial charge in [-0.15, -0.1) is 0 Å². The summed E-state index contributed by atoms with van der Waals surface area (Å²) in [5, 5.41) is 6.38. The van der Waals surface area contributed by atoms with E-state index in [-0.39, 0.29) is 5.56 Å². The highest BCUT2D eigenvalue weighted by molar-refractivity contribution is 6.31. The zero-order valence-electron chi connectivity index (χ0n) is 20.7. The lowest BCUT2D eigenvalue weighted by Crippen LogP contribution is -2.48. The van der Waals surface area contributed by atoms with Gasteiger partial charge in [0, 0.05) is 22.6 Å². The number of carbonyl (C=O) groups is 1. The summed E-state index contributed by atoms with van der Waals surface area (Å²) >= 11 is 6.12. The summed E-state index contributed by atoms with van der Waals surface area (Å²) in [6, 6.07) is 13.2. The van der Waals surface area contributed by atoms with Crippen LogP contribution in [0.25, 0.3) is 5.69 Å². The molecule has 4 bridgehead atoms. The van der Waals surface area contributed by atoms with Gasteiger partial charge in [-0.2, -0.15) is 0 Å². The van der Waals surface area contributed by atoms with Crippen LogP contribution in [0.5, 0.6) is 0 Å². The third-order valence-corrected chi connectivity index (χ3v) is 9.03. The van der Waals surface area contributed by atoms with Crippen LogP contribution in [-0.2, 0) is 5.41 Å². The molecule has 7 rings (SSSR count). The number of hydrogen-bond donors (Lipinski definition) is 2. The van der Waals surface area contributed by atoms with E-state index < -0.39 is 6.03 Å². The number of hydrogen-bond acceptors (Lipinski definition) is 2. The number of aromatic nitrogens is 2. The number of rotatable bonds is 4. The number of halogens is 1. The van der Waals surface area contributed by atoms with Crippen molar-refractivity contribution in [3.8, 4) is 5.69 Å². The summed E-state index contributed by atoms with van der Waals surface area (Å²) in [6.07, 6.45) is 9.55. The van der Waals surface area contributed by atoms with Crippen LogP contribution < -0.4 is 10.9 Å². The minimum atomic E-state index is -0.568. The van der Waals surface area contributed by atoms with Crippen molar-refractivity contribution < 1.29 is 4.79 Å². The number of anilines is 1. The van der Waals surface area contributed by atoms with E-state index >= 15 is 0 Å². The van der Waals surface area contributed by atoms with Crippen molar-refractivity contribution in [2.24, 2.45) is 22.7 Å². The van der Waals surface area contributed by atoms with Crippen molar-refractivity contribution in [2.75, 3.05) is 5.32 Å². The van der Waals surface area contributed by atoms with E-state index in [1.54, 1.807) is 19.1 Å². The molecule has 0 aliphatic heterocycles. The molecule has 3 aromatic rings. The average molecular weight is 503 g/mol. The largest absolute Gasteiger partial charge is 0.345 e. The van der Waals surface area contributed by atoms with Gasteiger partial charge in [0.15, 0.2) is 0 Å². The molecule has 1 aromatic heterocycles. The number of carbonyl (C=O) groups excluding carboxylic acids is 1. The Bertz CT molecular complexity index is 1380. The molecule has 0 spiro atoms. The number of aryl methyl sites for hydroxylation is 2. The number of aliphatic imine (C=N–C) groups is 1. The summed E-state index contributed by atoms with van der Waals surface area (Å²) < 4.78 is 1.53. The molecule has 4 saturated carbocycles. The quantitative estimate of drug-likeness (QED) is 0.396. The van der Waals surface area contributed by atoms with Crippen molar-refractivity contribution in [1.82, 2.24) is 9.78 Å². The van der Waals surface area contributed by atoms with E-state index in [4.69, 9.17) is 11.6 Å². The minimum Gasteiger partial charge on any atom is -0.306 e. The maximum Gasteiger partial charge on any atom is 0.345 e. The summed E-state index contributed by atoms with van der Waals surface area (Å²) in [7, 11) is 0. The van der Waals surface area contributed by atoms with E-state index in [0.29, 0.717) is 27.4 Å². The monoisotopic (exact) mass is 502 g/mol. The lowest BCUT2D eigenvalue weighted by atomic mass is 9.48. The first kappa shape index (κ1) is 23.3. The number of urea groups is 1. The fourth-order valence-electron chi connectivity index (χ4n) is 7.27. The molecule has 2 aromatic carbocycles. The van der Waals surface area contributed by atoms with Crippen LogP contribution in [0.3, 0.4) is 0 Å². The lowest BCUT2D eigenvalue weighted by molar-refractivity contribution is -0.00518. The van der Waals surface area contributed by atoms with Crippen molar-refractivity contribution in [2.45, 2.75) is 57.8 Å². The highest BCUT2D eigenvalue weighted by Crippen LogP contribution is 2.60. The molecule has 0 radical (unpaired) electrons. The van der Waals surface area contributed by atoms with Crippen LogP contribution in [0.4, 0.5) is 10.5 Å². The summed E-state index contributed by atoms with van der Waals surface area (Å²) in [6.45, 7) is 3.70. The van der Waals surface area contributed by atoms with Gasteiger partial charge in [-0.05, 0) is 111 Å². The van der Waals surface area contributed by atoms with Gasteiger partial charge in [-0.25, -0.2) is 14.5 Å². The zero-order valence-corrected chi connectivity index (χ0v) is 21.4. The molecule has 7 heteroatoms. The number of amides is 2. The fourth-order valence-corrected chi connectivity index (χ4v) is 7.45. The third kappa shape index (κ3) is 4.11. The number of nitrogens with one attached hydrogen (secondary N) is 2. The Hall–Kier alpha value is -3.12. The second-order valence-electron chi connectivity index (χ2n) is 11.2. The van der Waals surface area contributed by atoms with E-state index in [1.807, 2.05) is 25.1 Å². The third-order valence-electron chi connectivity index (χ3n) is 8.63. The van der Waals surface area contributed by atoms with E-state index in [2.05, 4.69) is 27.5 Å². The average Bonchev–Trinajstić information content (AvgIpc) is 3.12. The van der Waals surface area contributed by atoms with Crippen molar-refractivity contribution in [3.05, 3.63) is 80.2 Å². The summed E-state index contributed by atoms with van der Waals surface area (Å²) in [5.41, 5.74) is 4.80. The first-order valence-corrected chi connectivity index (χ1v) is 13.2. The molecule has 2 amide bonds. The zero-order chi connectivity index (χ0) is 25.0. The number of aromatic amines is 1. The number of nitrogens with zero attached hydrogens (tertiary/aromatic N) is 2. The van der Waals surface area contributed by atoms with E-state index in [1.165, 1.54) is 55.0 Å². The normalized spacial score (nSPS) is 26.6. The van der Waals surface area contributed by atoms with Gasteiger partial charge in [0.25, 0.3) is 5.56 Å². The predicted octanol–water partition coefficient (Wildman–Crippen LogP) is 6.55. The standard InChI is InChI=1S/C29H31ClN4O2/c1-17-3-6-23(12-26(17)30)32-28(36)31-16-25-18(2)33-34(27(25)35)24-7-4-22(5-8-24)29-13-19-9-20(14-29)11-21(10-19)15-29/h3-8,12,16,19-21,33H,9-11,13-15H2,1-2H3,(H,32,36). The van der Waals surface area contributed by atoms with Gasteiger partial charge in [-0.1, -0.05) is 29.8 Å². The second-order valence-corrected chi connectivity index (χ2v) is 11.6. The Morgan fingerprint density at radius 1 is 1.06 bits per heavy atom. The Labute approximate surface area is 215 Å². The maximum absolute atomic E-state index is 13.1. The van der Waals surface area contributed by atoms with Gasteiger partial charge in [0.1, 0.15) is 0 Å². The van der Waals surface area contributed by atoms with Crippen LogP contribution in [0.1, 0.15) is 60.9 Å². The SMILES string of the molecule is Cc1ccc(NC(=O)N=Cc2c(C)[nH]n(-c3ccc(C45CC6CC(CC(C6)C4)C5)cc3)c2=O)cc1Cl. The summed E-state index contributed by atoms with van der Waals surface area (Å²) in [5.74, 6) is 2.69. The highest BCUT2D eigenvalue weighted by Gasteiger charge is 2.51. The number of benzene rings is 2. The molecule has 4 aliphatic rings. The Morgan fingerprint density at radius 2 is 1.69 bits per heavy atom. The van der Waals surface area contributed by atoms with Crippen LogP contribution in [0.15, 0.2) is 52.3 Å². The second kappa shape index (κ2) is 8.77. The number of H-pyrrole nitrogens is 1. The van der Waals surface area contributed by atoms with Crippen LogP contribution in [0, 0.1) is 31.6 Å². The minimum absolute atomic E-state index is 0.231. The summed E-state index contributed by atoms with van der Waals surface area (Å²) in [4.78, 5) is 29.4. The molecule has 1 heterocycles. The van der Waals surface area contributed by atoms with Crippen molar-refractivity contribution >= 4 is 29.5 Å². The predicted molar refractivity (Wildman–Crippen MR) is 144 cm³/mol. The lowest BCUT2D eigenvalue weighted by Gasteiger charge is -2.57. The molecular weight excluding hydrogens is 472 g/mol. The molecule has 0 atom stereocenters. The van der Waals surface area contributed by atoms with Crippen LogP contribution >= 0.6 is 11.6 Å². The molecule has 0 unspecified atom stereocenters. The van der Waals surface area contributed by atoms with Gasteiger partial charge < -0.3 is 5.32 Å². The van der Waals surface area contributed by atoms with E-state index in [9.17, 15) is 9.59 Å². The van der Waals surface area contributed by atoms with Crippen LogP contribution in [-0.4, -0.2) is 22.0 Å². The molecular formula is C29H31ClN4O2. The van der Waals surface area contributed by atoms with Crippen molar-refractivity contribution in [3.63, 3.8) is 0 Å². The molecule has 36 heavy (non-hydrogen) atoms. The Kier molecular flexibility index (Phi) is 5.67. The molecule has 6 nitrogen and oxygen atoms in total. The molecule has 4 aliphatic carbocycles. The first-order valence-electron chi connectivity index (χ1n) is 12.8. The first-order chi connectivity index (χ1) is 17.3. The topological polar surface area (TPSA) is 79.2 Å². The molecule has 4 fully saturated rings. The van der Waals surface area contributed by atoms with Gasteiger partial charge >= 0.3 is 6.03 Å². The van der Waals surface area contributed by atoms with Crippen LogP contribution in [0.2, 0.25) is 5.02 Å². The van der Waals surface area contributed by atoms with Gasteiger partial charge in [0.2, 0.25) is 0 Å². The Morgan fingerprint density at radius 3 is 2.31 bits per heavy atom. The smallest absolute Gasteiger partial charge is 0.306 e. The van der Waals surface area contributed by atoms with Crippen molar-refractivity contribution in [1.29, 1.82) is 0 Å². The highest BCUT2D eigenvalue weighted by atomic mass is 35.5. The van der Waals surface area contributed by atoms with Gasteiger partial charge in [-0.3, -0.25) is 9.89 Å². The maximum atomic E-state index is 13.1. The Balaban J connectivity index is 1.20.